The van der Waals surface area contributed by atoms with Crippen molar-refractivity contribution < 1.29 is 19.5 Å². The second-order valence-corrected chi connectivity index (χ2v) is 6.05. The number of carboxylic acids is 1. The molecule has 23 heavy (non-hydrogen) atoms. The number of aliphatic carboxylic acids is 1. The number of benzene rings is 1. The van der Waals surface area contributed by atoms with Gasteiger partial charge < -0.3 is 10.0 Å². The van der Waals surface area contributed by atoms with Gasteiger partial charge in [-0.25, -0.2) is 0 Å². The lowest BCUT2D eigenvalue weighted by molar-refractivity contribution is -0.137. The number of carbonyl (C=O) groups excluding carboxylic acids is 2. The van der Waals surface area contributed by atoms with Crippen LogP contribution in [0, 0.1) is 5.92 Å². The number of hydrogen-bond acceptors (Lipinski definition) is 3. The third kappa shape index (κ3) is 4.65. The van der Waals surface area contributed by atoms with E-state index in [2.05, 4.69) is 0 Å². The molecule has 1 aliphatic rings. The Hall–Kier alpha value is -2.17. The highest BCUT2D eigenvalue weighted by Crippen LogP contribution is 2.22. The molecular formula is C18H23NO4. The number of hydrogen-bond donors (Lipinski definition) is 1. The Morgan fingerprint density at radius 3 is 2.43 bits per heavy atom. The Labute approximate surface area is 136 Å². The highest BCUT2D eigenvalue weighted by Gasteiger charge is 2.24. The molecule has 1 atom stereocenters. The van der Waals surface area contributed by atoms with E-state index < -0.39 is 5.97 Å². The summed E-state index contributed by atoms with van der Waals surface area (Å²) in [6.07, 6.45) is 3.09. The summed E-state index contributed by atoms with van der Waals surface area (Å²) >= 11 is 0. The van der Waals surface area contributed by atoms with E-state index in [1.165, 1.54) is 0 Å². The van der Waals surface area contributed by atoms with Gasteiger partial charge in [0, 0.05) is 37.1 Å². The Balaban J connectivity index is 1.99. The fourth-order valence-corrected chi connectivity index (χ4v) is 3.00. The summed E-state index contributed by atoms with van der Waals surface area (Å²) < 4.78 is 0. The molecule has 1 heterocycles. The molecule has 1 aliphatic heterocycles. The van der Waals surface area contributed by atoms with Crippen molar-refractivity contribution >= 4 is 17.7 Å². The first-order valence-electron chi connectivity index (χ1n) is 8.15. The van der Waals surface area contributed by atoms with Gasteiger partial charge in [0.05, 0.1) is 0 Å². The van der Waals surface area contributed by atoms with Crippen LogP contribution in [0.5, 0.6) is 0 Å². The minimum absolute atomic E-state index is 0.0412. The van der Waals surface area contributed by atoms with Crippen LogP contribution in [0.2, 0.25) is 0 Å². The molecule has 1 N–H and O–H groups in total. The molecule has 5 nitrogen and oxygen atoms in total. The fourth-order valence-electron chi connectivity index (χ4n) is 3.00. The van der Waals surface area contributed by atoms with Gasteiger partial charge >= 0.3 is 5.97 Å². The number of likely N-dealkylation sites (tertiary alicyclic amines) is 1. The molecule has 0 saturated carbocycles. The van der Waals surface area contributed by atoms with Crippen molar-refractivity contribution in [1.29, 1.82) is 0 Å². The van der Waals surface area contributed by atoms with Crippen LogP contribution in [-0.2, 0) is 4.79 Å². The first-order valence-corrected chi connectivity index (χ1v) is 8.15. The molecule has 0 aliphatic carbocycles. The molecule has 1 unspecified atom stereocenters. The van der Waals surface area contributed by atoms with E-state index >= 15 is 0 Å². The van der Waals surface area contributed by atoms with Crippen LogP contribution >= 0.6 is 0 Å². The maximum absolute atomic E-state index is 12.6. The van der Waals surface area contributed by atoms with E-state index in [1.54, 1.807) is 29.2 Å². The van der Waals surface area contributed by atoms with Gasteiger partial charge in [0.15, 0.2) is 5.78 Å². The normalized spacial score (nSPS) is 17.8. The molecule has 1 saturated heterocycles. The van der Waals surface area contributed by atoms with E-state index in [4.69, 9.17) is 5.11 Å². The average Bonchev–Trinajstić information content (AvgIpc) is 2.59. The zero-order chi connectivity index (χ0) is 16.8. The number of ketones is 1. The second-order valence-electron chi connectivity index (χ2n) is 6.05. The van der Waals surface area contributed by atoms with Crippen molar-refractivity contribution in [2.45, 2.75) is 39.0 Å². The van der Waals surface area contributed by atoms with Gasteiger partial charge in [0.1, 0.15) is 0 Å². The van der Waals surface area contributed by atoms with E-state index in [9.17, 15) is 14.4 Å². The Kier molecular flexibility index (Phi) is 5.90. The van der Waals surface area contributed by atoms with Crippen LogP contribution in [0.25, 0.3) is 0 Å². The molecule has 1 aromatic carbocycles. The largest absolute Gasteiger partial charge is 0.481 e. The molecule has 0 bridgehead atoms. The van der Waals surface area contributed by atoms with Gasteiger partial charge in [-0.2, -0.15) is 0 Å². The maximum Gasteiger partial charge on any atom is 0.303 e. The zero-order valence-corrected chi connectivity index (χ0v) is 13.5. The molecule has 0 spiro atoms. The standard InChI is InChI=1S/C18H23NO4/c1-2-16(20)14-6-8-15(9-7-14)18(23)19-11-3-4-13(12-19)5-10-17(21)22/h6-9,13H,2-5,10-12H2,1H3,(H,21,22). The highest BCUT2D eigenvalue weighted by atomic mass is 16.4. The molecule has 124 valence electrons. The maximum atomic E-state index is 12.6. The summed E-state index contributed by atoms with van der Waals surface area (Å²) in [4.78, 5) is 36.7. The van der Waals surface area contributed by atoms with Crippen molar-refractivity contribution in [3.8, 4) is 0 Å². The lowest BCUT2D eigenvalue weighted by atomic mass is 9.93. The first-order chi connectivity index (χ1) is 11.0. The van der Waals surface area contributed by atoms with Crippen molar-refractivity contribution in [1.82, 2.24) is 4.90 Å². The Bertz CT molecular complexity index is 579. The highest BCUT2D eigenvalue weighted by molar-refractivity contribution is 5.98. The quantitative estimate of drug-likeness (QED) is 0.818. The van der Waals surface area contributed by atoms with E-state index in [0.29, 0.717) is 37.1 Å². The SMILES string of the molecule is CCC(=O)c1ccc(C(=O)N2CCCC(CCC(=O)O)C2)cc1. The molecule has 0 aromatic heterocycles. The van der Waals surface area contributed by atoms with E-state index in [-0.39, 0.29) is 24.0 Å². The van der Waals surface area contributed by atoms with Gasteiger partial charge in [0.25, 0.3) is 5.91 Å². The van der Waals surface area contributed by atoms with Crippen LogP contribution in [0.3, 0.4) is 0 Å². The van der Waals surface area contributed by atoms with E-state index in [1.807, 2.05) is 6.92 Å². The minimum Gasteiger partial charge on any atom is -0.481 e. The van der Waals surface area contributed by atoms with Crippen LogP contribution in [-0.4, -0.2) is 40.8 Å². The van der Waals surface area contributed by atoms with Crippen molar-refractivity contribution in [3.63, 3.8) is 0 Å². The lowest BCUT2D eigenvalue weighted by Crippen LogP contribution is -2.40. The van der Waals surface area contributed by atoms with Gasteiger partial charge in [0.2, 0.25) is 0 Å². The van der Waals surface area contributed by atoms with Crippen LogP contribution in [0.4, 0.5) is 0 Å². The Morgan fingerprint density at radius 2 is 1.83 bits per heavy atom. The minimum atomic E-state index is -0.787. The number of piperidine rings is 1. The zero-order valence-electron chi connectivity index (χ0n) is 13.5. The summed E-state index contributed by atoms with van der Waals surface area (Å²) in [5, 5.41) is 8.78. The fraction of sp³-hybridized carbons (Fsp3) is 0.500. The number of Topliss-reactive ketones (excluding diaryl/α,β-unsaturated/α-hetero) is 1. The predicted octanol–water partition coefficient (Wildman–Crippen LogP) is 3.00. The van der Waals surface area contributed by atoms with Crippen molar-refractivity contribution in [2.24, 2.45) is 5.92 Å². The molecule has 0 radical (unpaired) electrons. The van der Waals surface area contributed by atoms with Crippen LogP contribution in [0.1, 0.15) is 59.7 Å². The summed E-state index contributed by atoms with van der Waals surface area (Å²) in [5.74, 6) is -0.509. The summed E-state index contributed by atoms with van der Waals surface area (Å²) in [6, 6.07) is 6.80. The number of nitrogens with zero attached hydrogens (tertiary/aromatic N) is 1. The summed E-state index contributed by atoms with van der Waals surface area (Å²) in [6.45, 7) is 3.13. The van der Waals surface area contributed by atoms with Gasteiger partial charge in [-0.15, -0.1) is 0 Å². The van der Waals surface area contributed by atoms with Gasteiger partial charge in [-0.3, -0.25) is 14.4 Å². The smallest absolute Gasteiger partial charge is 0.303 e. The molecule has 5 heteroatoms. The third-order valence-corrected chi connectivity index (χ3v) is 4.35. The molecule has 1 fully saturated rings. The molecule has 1 amide bonds. The molecular weight excluding hydrogens is 294 g/mol. The molecule has 2 rings (SSSR count). The predicted molar refractivity (Wildman–Crippen MR) is 86.6 cm³/mol. The third-order valence-electron chi connectivity index (χ3n) is 4.35. The monoisotopic (exact) mass is 317 g/mol. The summed E-state index contributed by atoms with van der Waals surface area (Å²) in [5.41, 5.74) is 1.21. The van der Waals surface area contributed by atoms with Crippen molar-refractivity contribution in [3.05, 3.63) is 35.4 Å². The summed E-state index contributed by atoms with van der Waals surface area (Å²) in [7, 11) is 0. The topological polar surface area (TPSA) is 74.7 Å². The van der Waals surface area contributed by atoms with Crippen LogP contribution < -0.4 is 0 Å². The first kappa shape index (κ1) is 17.2. The van der Waals surface area contributed by atoms with Crippen LogP contribution in [0.15, 0.2) is 24.3 Å². The number of carbonyl (C=O) groups is 3. The lowest BCUT2D eigenvalue weighted by Gasteiger charge is -2.32. The Morgan fingerprint density at radius 1 is 1.17 bits per heavy atom. The van der Waals surface area contributed by atoms with Gasteiger partial charge in [-0.05, 0) is 37.3 Å². The van der Waals surface area contributed by atoms with Gasteiger partial charge in [-0.1, -0.05) is 19.1 Å². The number of rotatable bonds is 6. The molecule has 1 aromatic rings. The van der Waals surface area contributed by atoms with E-state index in [0.717, 1.165) is 12.8 Å². The second kappa shape index (κ2) is 7.90. The number of carboxylic acid groups (broad SMARTS) is 1. The number of amides is 1. The van der Waals surface area contributed by atoms with Crippen molar-refractivity contribution in [2.75, 3.05) is 13.1 Å². The average molecular weight is 317 g/mol.